The van der Waals surface area contributed by atoms with Crippen LogP contribution in [0.25, 0.3) is 0 Å². The highest BCUT2D eigenvalue weighted by Gasteiger charge is 2.31. The van der Waals surface area contributed by atoms with Gasteiger partial charge in [0.15, 0.2) is 9.84 Å². The van der Waals surface area contributed by atoms with E-state index in [1.165, 1.54) is 12.1 Å². The van der Waals surface area contributed by atoms with Crippen LogP contribution in [0.15, 0.2) is 36.5 Å². The summed E-state index contributed by atoms with van der Waals surface area (Å²) < 4.78 is 36.1. The first-order chi connectivity index (χ1) is 10.9. The molecule has 1 aromatic carbocycles. The number of halogens is 1. The second-order valence-corrected chi connectivity index (χ2v) is 7.77. The van der Waals surface area contributed by atoms with E-state index < -0.39 is 9.84 Å². The monoisotopic (exact) mass is 336 g/mol. The van der Waals surface area contributed by atoms with Gasteiger partial charge in [0.05, 0.1) is 11.5 Å². The first-order valence-corrected chi connectivity index (χ1v) is 9.04. The molecule has 1 saturated heterocycles. The van der Waals surface area contributed by atoms with Crippen LogP contribution in [-0.2, 0) is 9.84 Å². The van der Waals surface area contributed by atoms with E-state index in [2.05, 4.69) is 15.3 Å². The molecule has 2 heterocycles. The van der Waals surface area contributed by atoms with Crippen LogP contribution in [0.3, 0.4) is 0 Å². The summed E-state index contributed by atoms with van der Waals surface area (Å²) in [5.74, 6) is 1.07. The van der Waals surface area contributed by atoms with E-state index in [0.29, 0.717) is 23.9 Å². The Morgan fingerprint density at radius 1 is 1.26 bits per heavy atom. The third-order valence-electron chi connectivity index (χ3n) is 3.86. The quantitative estimate of drug-likeness (QED) is 0.920. The second kappa shape index (κ2) is 6.11. The van der Waals surface area contributed by atoms with E-state index in [9.17, 15) is 12.8 Å². The van der Waals surface area contributed by atoms with Gasteiger partial charge in [0.25, 0.3) is 0 Å². The molecule has 0 aliphatic carbocycles. The van der Waals surface area contributed by atoms with Gasteiger partial charge in [-0.25, -0.2) is 17.8 Å². The second-order valence-electron chi connectivity index (χ2n) is 5.54. The van der Waals surface area contributed by atoms with Crippen molar-refractivity contribution >= 4 is 27.3 Å². The lowest BCUT2D eigenvalue weighted by molar-refractivity contribution is 0.600. The van der Waals surface area contributed by atoms with E-state index in [-0.39, 0.29) is 23.4 Å². The minimum Gasteiger partial charge on any atom is -0.355 e. The highest BCUT2D eigenvalue weighted by Crippen LogP contribution is 2.22. The fourth-order valence-corrected chi connectivity index (χ4v) is 4.31. The summed E-state index contributed by atoms with van der Waals surface area (Å²) in [4.78, 5) is 10.4. The molecule has 1 N–H and O–H groups in total. The predicted molar refractivity (Wildman–Crippen MR) is 87.2 cm³/mol. The lowest BCUT2D eigenvalue weighted by atomic mass is 10.2. The summed E-state index contributed by atoms with van der Waals surface area (Å²) in [6.07, 6.45) is 2.21. The van der Waals surface area contributed by atoms with Gasteiger partial charge in [-0.05, 0) is 36.8 Å². The number of benzene rings is 1. The molecule has 8 heteroatoms. The summed E-state index contributed by atoms with van der Waals surface area (Å²) in [6, 6.07) is 7.55. The molecule has 1 aromatic heterocycles. The molecule has 2 aromatic rings. The van der Waals surface area contributed by atoms with Gasteiger partial charge in [-0.15, -0.1) is 0 Å². The molecule has 0 radical (unpaired) electrons. The number of anilines is 3. The fourth-order valence-electron chi connectivity index (χ4n) is 2.54. The summed E-state index contributed by atoms with van der Waals surface area (Å²) in [5, 5.41) is 3.00. The molecule has 23 heavy (non-hydrogen) atoms. The largest absolute Gasteiger partial charge is 0.355 e. The average molecular weight is 336 g/mol. The van der Waals surface area contributed by atoms with Crippen LogP contribution in [0.2, 0.25) is 0 Å². The number of aromatic nitrogens is 2. The Kier molecular flexibility index (Phi) is 4.16. The topological polar surface area (TPSA) is 75.2 Å². The van der Waals surface area contributed by atoms with Crippen LogP contribution in [0.4, 0.5) is 21.8 Å². The molecule has 6 nitrogen and oxygen atoms in total. The zero-order chi connectivity index (χ0) is 16.4. The van der Waals surface area contributed by atoms with Crippen molar-refractivity contribution in [1.29, 1.82) is 0 Å². The summed E-state index contributed by atoms with van der Waals surface area (Å²) in [5.41, 5.74) is 0.676. The third-order valence-corrected chi connectivity index (χ3v) is 5.61. The molecule has 1 atom stereocenters. The molecule has 0 spiro atoms. The van der Waals surface area contributed by atoms with Gasteiger partial charge < -0.3 is 10.2 Å². The molecule has 0 amide bonds. The number of sulfone groups is 1. The Morgan fingerprint density at radius 2 is 2.00 bits per heavy atom. The molecule has 122 valence electrons. The highest BCUT2D eigenvalue weighted by atomic mass is 32.2. The van der Waals surface area contributed by atoms with Crippen LogP contribution in [0.1, 0.15) is 6.42 Å². The van der Waals surface area contributed by atoms with E-state index in [0.717, 1.165) is 0 Å². The Hall–Kier alpha value is -2.22. The number of nitrogens with zero attached hydrogens (tertiary/aromatic N) is 3. The average Bonchev–Trinajstić information content (AvgIpc) is 2.89. The maximum absolute atomic E-state index is 12.9. The van der Waals surface area contributed by atoms with Crippen molar-refractivity contribution < 1.29 is 12.8 Å². The molecule has 1 fully saturated rings. The van der Waals surface area contributed by atoms with Gasteiger partial charge in [-0.1, -0.05) is 0 Å². The number of hydrogen-bond acceptors (Lipinski definition) is 6. The molecule has 0 bridgehead atoms. The van der Waals surface area contributed by atoms with Crippen molar-refractivity contribution in [2.45, 2.75) is 12.5 Å². The summed E-state index contributed by atoms with van der Waals surface area (Å²) in [6.45, 7) is 0. The molecule has 1 unspecified atom stereocenters. The number of hydrogen-bond donors (Lipinski definition) is 1. The smallest absolute Gasteiger partial charge is 0.229 e. The van der Waals surface area contributed by atoms with Crippen LogP contribution < -0.4 is 10.2 Å². The van der Waals surface area contributed by atoms with E-state index in [4.69, 9.17) is 0 Å². The van der Waals surface area contributed by atoms with Crippen molar-refractivity contribution in [1.82, 2.24) is 9.97 Å². The van der Waals surface area contributed by atoms with Gasteiger partial charge in [0, 0.05) is 25.0 Å². The molecular formula is C15H17FN4O2S. The fraction of sp³-hybridized carbons (Fsp3) is 0.333. The zero-order valence-corrected chi connectivity index (χ0v) is 13.4. The molecule has 1 aliphatic rings. The van der Waals surface area contributed by atoms with E-state index in [1.54, 1.807) is 24.4 Å². The third kappa shape index (κ3) is 3.76. The zero-order valence-electron chi connectivity index (χ0n) is 12.6. The van der Waals surface area contributed by atoms with E-state index >= 15 is 0 Å². The Balaban J connectivity index is 1.75. The first kappa shape index (κ1) is 15.7. The van der Waals surface area contributed by atoms with Crippen LogP contribution >= 0.6 is 0 Å². The van der Waals surface area contributed by atoms with E-state index in [1.807, 2.05) is 11.9 Å². The van der Waals surface area contributed by atoms with Gasteiger partial charge in [-0.3, -0.25) is 0 Å². The van der Waals surface area contributed by atoms with Crippen LogP contribution in [0.5, 0.6) is 0 Å². The molecule has 0 saturated carbocycles. The van der Waals surface area contributed by atoms with Gasteiger partial charge in [0.2, 0.25) is 5.95 Å². The van der Waals surface area contributed by atoms with Gasteiger partial charge in [0.1, 0.15) is 11.6 Å². The van der Waals surface area contributed by atoms with Crippen molar-refractivity contribution in [3.05, 3.63) is 42.3 Å². The Morgan fingerprint density at radius 3 is 2.65 bits per heavy atom. The first-order valence-electron chi connectivity index (χ1n) is 7.22. The summed E-state index contributed by atoms with van der Waals surface area (Å²) >= 11 is 0. The number of rotatable bonds is 4. The number of nitrogens with one attached hydrogen (secondary N) is 1. The van der Waals surface area contributed by atoms with Crippen molar-refractivity contribution in [3.8, 4) is 0 Å². The lowest BCUT2D eigenvalue weighted by Crippen LogP contribution is -2.33. The maximum Gasteiger partial charge on any atom is 0.229 e. The van der Waals surface area contributed by atoms with Crippen molar-refractivity contribution in [2.75, 3.05) is 28.8 Å². The molecule has 1 aliphatic heterocycles. The van der Waals surface area contributed by atoms with Crippen LogP contribution in [-0.4, -0.2) is 43.0 Å². The molecular weight excluding hydrogens is 319 g/mol. The van der Waals surface area contributed by atoms with Gasteiger partial charge in [-0.2, -0.15) is 4.98 Å². The Labute approximate surface area is 134 Å². The minimum atomic E-state index is -2.95. The minimum absolute atomic E-state index is 0.0754. The molecule has 3 rings (SSSR count). The van der Waals surface area contributed by atoms with Crippen molar-refractivity contribution in [2.24, 2.45) is 0 Å². The van der Waals surface area contributed by atoms with Gasteiger partial charge >= 0.3 is 0 Å². The van der Waals surface area contributed by atoms with Crippen molar-refractivity contribution in [3.63, 3.8) is 0 Å². The summed E-state index contributed by atoms with van der Waals surface area (Å²) in [7, 11) is -1.12. The maximum atomic E-state index is 12.9. The lowest BCUT2D eigenvalue weighted by Gasteiger charge is -2.24. The standard InChI is InChI=1S/C15H17FN4O2S/c1-20(13-7-9-23(21,22)10-13)14-6-8-17-15(19-14)18-12-4-2-11(16)3-5-12/h2-6,8,13H,7,9-10H2,1H3,(H,17,18,19). The SMILES string of the molecule is CN(c1ccnc(Nc2ccc(F)cc2)n1)C1CCS(=O)(=O)C1. The Bertz CT molecular complexity index is 795. The predicted octanol–water partition coefficient (Wildman–Crippen LogP) is 1.98. The van der Waals surface area contributed by atoms with Crippen LogP contribution in [0, 0.1) is 5.82 Å². The highest BCUT2D eigenvalue weighted by molar-refractivity contribution is 7.91. The normalized spacial score (nSPS) is 19.5.